The summed E-state index contributed by atoms with van der Waals surface area (Å²) >= 11 is 1.39. The molecule has 0 aromatic carbocycles. The molecule has 7 nitrogen and oxygen atoms in total. The van der Waals surface area contributed by atoms with Crippen LogP contribution in [0.25, 0.3) is 11.3 Å². The van der Waals surface area contributed by atoms with Gasteiger partial charge in [-0.3, -0.25) is 4.79 Å². The number of thiazole rings is 1. The Kier molecular flexibility index (Phi) is 5.36. The maximum absolute atomic E-state index is 12.5. The Morgan fingerprint density at radius 1 is 1.38 bits per heavy atom. The quantitative estimate of drug-likeness (QED) is 0.690. The van der Waals surface area contributed by atoms with Gasteiger partial charge in [0.05, 0.1) is 12.8 Å². The highest BCUT2D eigenvalue weighted by Gasteiger charge is 2.57. The molecule has 1 saturated heterocycles. The highest BCUT2D eigenvalue weighted by Crippen LogP contribution is 2.58. The molecule has 26 heavy (non-hydrogen) atoms. The van der Waals surface area contributed by atoms with Crippen molar-refractivity contribution < 1.29 is 14.3 Å². The largest absolute Gasteiger partial charge is 0.464 e. The molecule has 1 amide bonds. The Labute approximate surface area is 161 Å². The number of H-pyrrole nitrogens is 1. The molecule has 3 N–H and O–H groups in total. The van der Waals surface area contributed by atoms with Crippen LogP contribution < -0.4 is 10.6 Å². The van der Waals surface area contributed by atoms with Gasteiger partial charge in [-0.05, 0) is 43.8 Å². The fraction of sp³-hybridized carbons (Fsp3) is 0.471. The summed E-state index contributed by atoms with van der Waals surface area (Å²) < 4.78 is 4.68. The Morgan fingerprint density at radius 2 is 2.15 bits per heavy atom. The van der Waals surface area contributed by atoms with Crippen molar-refractivity contribution in [3.63, 3.8) is 0 Å². The predicted octanol–water partition coefficient (Wildman–Crippen LogP) is 2.67. The summed E-state index contributed by atoms with van der Waals surface area (Å²) in [5.74, 6) is -0.233. The Morgan fingerprint density at radius 3 is 2.88 bits per heavy atom. The van der Waals surface area contributed by atoms with Crippen molar-refractivity contribution in [2.75, 3.05) is 25.5 Å². The second-order valence-corrected chi connectivity index (χ2v) is 7.55. The lowest BCUT2D eigenvalue weighted by atomic mass is 9.92. The minimum absolute atomic E-state index is 0. The summed E-state index contributed by atoms with van der Waals surface area (Å²) in [5.41, 5.74) is 2.10. The number of carbonyl (C=O) groups is 2. The summed E-state index contributed by atoms with van der Waals surface area (Å²) in [6.07, 6.45) is 4.85. The number of methoxy groups -OCH3 is 1. The van der Waals surface area contributed by atoms with Gasteiger partial charge in [0, 0.05) is 23.1 Å². The lowest BCUT2D eigenvalue weighted by molar-refractivity contribution is -0.118. The number of nitrogens with one attached hydrogen (secondary N) is 3. The summed E-state index contributed by atoms with van der Waals surface area (Å²) in [6, 6.07) is 1.69. The summed E-state index contributed by atoms with van der Waals surface area (Å²) in [7, 11) is 1.34. The zero-order valence-electron chi connectivity index (χ0n) is 14.3. The van der Waals surface area contributed by atoms with Gasteiger partial charge in [-0.25, -0.2) is 9.78 Å². The molecule has 0 radical (unpaired) electrons. The molecule has 0 bridgehead atoms. The number of carbonyl (C=O) groups excluding carboxylic acids is 2. The third-order valence-corrected chi connectivity index (χ3v) is 5.98. The number of hydrogen-bond donors (Lipinski definition) is 3. The number of aromatic nitrogens is 2. The lowest BCUT2D eigenvalue weighted by Gasteiger charge is -2.22. The molecule has 1 unspecified atom stereocenters. The molecule has 1 atom stereocenters. The molecule has 2 aromatic heterocycles. The highest BCUT2D eigenvalue weighted by molar-refractivity contribution is 7.14. The number of amides is 1. The molecule has 2 aliphatic rings. The van der Waals surface area contributed by atoms with Crippen LogP contribution in [0.15, 0.2) is 17.6 Å². The summed E-state index contributed by atoms with van der Waals surface area (Å²) in [6.45, 7) is 2.00. The van der Waals surface area contributed by atoms with E-state index >= 15 is 0 Å². The van der Waals surface area contributed by atoms with Gasteiger partial charge in [0.15, 0.2) is 5.13 Å². The fourth-order valence-corrected chi connectivity index (χ4v) is 4.34. The zero-order chi connectivity index (χ0) is 17.4. The minimum Gasteiger partial charge on any atom is -0.464 e. The third-order valence-electron chi connectivity index (χ3n) is 5.22. The first-order valence-corrected chi connectivity index (χ1v) is 9.23. The number of ether oxygens (including phenoxy) is 1. The van der Waals surface area contributed by atoms with Gasteiger partial charge in [-0.1, -0.05) is 0 Å². The van der Waals surface area contributed by atoms with Gasteiger partial charge < -0.3 is 20.4 Å². The second kappa shape index (κ2) is 7.38. The lowest BCUT2D eigenvalue weighted by Crippen LogP contribution is -2.31. The third kappa shape index (κ3) is 3.49. The molecule has 2 fully saturated rings. The Hall–Kier alpha value is -1.90. The second-order valence-electron chi connectivity index (χ2n) is 6.69. The molecule has 2 aromatic rings. The summed E-state index contributed by atoms with van der Waals surface area (Å²) in [5, 5.41) is 8.76. The van der Waals surface area contributed by atoms with Gasteiger partial charge >= 0.3 is 5.97 Å². The molecule has 1 spiro atoms. The molecule has 3 heterocycles. The number of esters is 1. The van der Waals surface area contributed by atoms with E-state index in [0.717, 1.165) is 43.6 Å². The number of nitrogens with zero attached hydrogens (tertiary/aromatic N) is 1. The van der Waals surface area contributed by atoms with Gasteiger partial charge in [0.1, 0.15) is 5.69 Å². The average molecular weight is 397 g/mol. The van der Waals surface area contributed by atoms with Crippen molar-refractivity contribution in [3.8, 4) is 11.3 Å². The van der Waals surface area contributed by atoms with E-state index in [0.29, 0.717) is 10.8 Å². The number of piperidine rings is 1. The number of aromatic amines is 1. The standard InChI is InChI=1S/C17H20N4O3S.ClH/c1-24-15(23)12-6-10(8-19-12)13-9-25-16(20-13)21-14(22)11-7-17(11)2-4-18-5-3-17;/h6,8-9,11,18-19H,2-5,7H2,1H3,(H,20,21,22);1H. The van der Waals surface area contributed by atoms with Crippen molar-refractivity contribution >= 4 is 40.8 Å². The predicted molar refractivity (Wildman–Crippen MR) is 102 cm³/mol. The smallest absolute Gasteiger partial charge is 0.354 e. The van der Waals surface area contributed by atoms with Crippen molar-refractivity contribution in [3.05, 3.63) is 23.3 Å². The van der Waals surface area contributed by atoms with E-state index in [1.165, 1.54) is 18.4 Å². The van der Waals surface area contributed by atoms with Crippen LogP contribution >= 0.6 is 23.7 Å². The SMILES string of the molecule is COC(=O)c1cc(-c2csc(NC(=O)C3CC34CCNCC4)n2)c[nH]1.Cl. The first-order chi connectivity index (χ1) is 12.1. The van der Waals surface area contributed by atoms with Crippen molar-refractivity contribution in [2.45, 2.75) is 19.3 Å². The zero-order valence-corrected chi connectivity index (χ0v) is 16.0. The molecule has 1 saturated carbocycles. The van der Waals surface area contributed by atoms with Crippen molar-refractivity contribution in [1.82, 2.24) is 15.3 Å². The van der Waals surface area contributed by atoms with Crippen molar-refractivity contribution in [1.29, 1.82) is 0 Å². The fourth-order valence-electron chi connectivity index (χ4n) is 3.62. The number of hydrogen-bond acceptors (Lipinski definition) is 6. The topological polar surface area (TPSA) is 96.1 Å². The molecule has 9 heteroatoms. The van der Waals surface area contributed by atoms with Crippen LogP contribution in [0, 0.1) is 11.3 Å². The van der Waals surface area contributed by atoms with Crippen LogP contribution in [-0.4, -0.2) is 42.0 Å². The monoisotopic (exact) mass is 396 g/mol. The van der Waals surface area contributed by atoms with Crippen LogP contribution in [0.4, 0.5) is 5.13 Å². The first kappa shape index (κ1) is 18.9. The maximum atomic E-state index is 12.5. The van der Waals surface area contributed by atoms with Gasteiger partial charge in [-0.15, -0.1) is 23.7 Å². The molecule has 4 rings (SSSR count). The Bertz CT molecular complexity index is 813. The number of halogens is 1. The first-order valence-electron chi connectivity index (χ1n) is 8.35. The van der Waals surface area contributed by atoms with Gasteiger partial charge in [-0.2, -0.15) is 0 Å². The molecule has 1 aliphatic heterocycles. The van der Waals surface area contributed by atoms with E-state index in [1.807, 2.05) is 5.38 Å². The van der Waals surface area contributed by atoms with Crippen LogP contribution in [0.5, 0.6) is 0 Å². The average Bonchev–Trinajstić information content (AvgIpc) is 3.00. The minimum atomic E-state index is -0.420. The molecule has 1 aliphatic carbocycles. The van der Waals surface area contributed by atoms with E-state index < -0.39 is 5.97 Å². The number of anilines is 1. The molecule has 140 valence electrons. The van der Waals surface area contributed by atoms with E-state index in [2.05, 4.69) is 25.3 Å². The highest BCUT2D eigenvalue weighted by atomic mass is 35.5. The van der Waals surface area contributed by atoms with Crippen molar-refractivity contribution in [2.24, 2.45) is 11.3 Å². The van der Waals surface area contributed by atoms with Crippen LogP contribution in [0.1, 0.15) is 29.8 Å². The van der Waals surface area contributed by atoms with Crippen LogP contribution in [0.3, 0.4) is 0 Å². The van der Waals surface area contributed by atoms with Crippen LogP contribution in [-0.2, 0) is 9.53 Å². The molecular weight excluding hydrogens is 376 g/mol. The van der Waals surface area contributed by atoms with E-state index in [4.69, 9.17) is 0 Å². The van der Waals surface area contributed by atoms with Crippen LogP contribution in [0.2, 0.25) is 0 Å². The van der Waals surface area contributed by atoms with E-state index in [1.54, 1.807) is 12.3 Å². The van der Waals surface area contributed by atoms with E-state index in [9.17, 15) is 9.59 Å². The van der Waals surface area contributed by atoms with E-state index in [-0.39, 0.29) is 29.6 Å². The summed E-state index contributed by atoms with van der Waals surface area (Å²) in [4.78, 5) is 31.3. The molecular formula is C17H21ClN4O3S. The Balaban J connectivity index is 0.00000196. The maximum Gasteiger partial charge on any atom is 0.354 e. The van der Waals surface area contributed by atoms with Gasteiger partial charge in [0.25, 0.3) is 0 Å². The normalized spacial score (nSPS) is 20.3. The number of rotatable bonds is 4. The van der Waals surface area contributed by atoms with Gasteiger partial charge in [0.2, 0.25) is 5.91 Å².